The molecule has 6 heteroatoms. The highest BCUT2D eigenvalue weighted by atomic mass is 127. The Morgan fingerprint density at radius 1 is 1.08 bits per heavy atom. The van der Waals surface area contributed by atoms with Gasteiger partial charge in [-0.05, 0) is 37.5 Å². The molecular weight excluding hydrogens is 427 g/mol. The molecule has 0 radical (unpaired) electrons. The number of nitrogens with one attached hydrogen (secondary N) is 2. The van der Waals surface area contributed by atoms with Crippen LogP contribution in [0.2, 0.25) is 0 Å². The summed E-state index contributed by atoms with van der Waals surface area (Å²) in [7, 11) is 0. The highest BCUT2D eigenvalue weighted by Gasteiger charge is 2.00. The Morgan fingerprint density at radius 2 is 1.88 bits per heavy atom. The molecule has 1 heterocycles. The molecule has 0 aliphatic carbocycles. The topological polar surface area (TPSA) is 58.5 Å². The molecule has 0 atom stereocenters. The van der Waals surface area contributed by atoms with Gasteiger partial charge in [0.25, 0.3) is 0 Å². The Kier molecular flexibility index (Phi) is 10.6. The van der Waals surface area contributed by atoms with Crippen LogP contribution in [0.3, 0.4) is 0 Å². The first-order valence-electron chi connectivity index (χ1n) is 8.45. The number of aliphatic imine (C=N–C) groups is 1. The molecule has 2 N–H and O–H groups in total. The summed E-state index contributed by atoms with van der Waals surface area (Å²) in [5, 5.41) is 6.64. The van der Waals surface area contributed by atoms with Crippen molar-refractivity contribution < 1.29 is 4.74 Å². The van der Waals surface area contributed by atoms with Crippen molar-refractivity contribution in [3.8, 4) is 5.88 Å². The van der Waals surface area contributed by atoms with Crippen molar-refractivity contribution in [3.05, 3.63) is 59.8 Å². The first-order chi connectivity index (χ1) is 11.8. The van der Waals surface area contributed by atoms with Gasteiger partial charge in [0, 0.05) is 25.4 Å². The molecule has 0 unspecified atom stereocenters. The molecule has 0 aliphatic rings. The predicted molar refractivity (Wildman–Crippen MR) is 114 cm³/mol. The van der Waals surface area contributed by atoms with Gasteiger partial charge >= 0.3 is 0 Å². The van der Waals surface area contributed by atoms with Crippen LogP contribution in [0.5, 0.6) is 5.88 Å². The Balaban J connectivity index is 0.00000312. The summed E-state index contributed by atoms with van der Waals surface area (Å²) in [6, 6.07) is 14.3. The summed E-state index contributed by atoms with van der Waals surface area (Å²) in [6.07, 6.45) is 2.72. The van der Waals surface area contributed by atoms with E-state index in [1.807, 2.05) is 25.1 Å². The van der Waals surface area contributed by atoms with E-state index < -0.39 is 0 Å². The summed E-state index contributed by atoms with van der Waals surface area (Å²) in [6.45, 7) is 6.89. The second kappa shape index (κ2) is 12.5. The number of ether oxygens (including phenoxy) is 1. The van der Waals surface area contributed by atoms with E-state index in [4.69, 9.17) is 4.74 Å². The van der Waals surface area contributed by atoms with Crippen LogP contribution < -0.4 is 15.4 Å². The first kappa shape index (κ1) is 21.2. The number of pyridine rings is 1. The van der Waals surface area contributed by atoms with Crippen molar-refractivity contribution >= 4 is 29.9 Å². The van der Waals surface area contributed by atoms with Gasteiger partial charge in [-0.25, -0.2) is 9.98 Å². The van der Waals surface area contributed by atoms with Gasteiger partial charge in [0.1, 0.15) is 0 Å². The van der Waals surface area contributed by atoms with Crippen LogP contribution in [0, 0.1) is 0 Å². The minimum atomic E-state index is 0. The van der Waals surface area contributed by atoms with Crippen LogP contribution in [0.25, 0.3) is 0 Å². The number of hydrogen-bond donors (Lipinski definition) is 2. The second-order valence-electron chi connectivity index (χ2n) is 5.29. The monoisotopic (exact) mass is 454 g/mol. The summed E-state index contributed by atoms with van der Waals surface area (Å²) >= 11 is 0. The van der Waals surface area contributed by atoms with Crippen LogP contribution in [0.1, 0.15) is 25.0 Å². The van der Waals surface area contributed by atoms with E-state index in [0.29, 0.717) is 19.0 Å². The molecular formula is C19H27IN4O. The Bertz CT molecular complexity index is 634. The van der Waals surface area contributed by atoms with Crippen molar-refractivity contribution in [1.29, 1.82) is 0 Å². The first-order valence-corrected chi connectivity index (χ1v) is 8.45. The van der Waals surface area contributed by atoms with Crippen LogP contribution in [0.4, 0.5) is 0 Å². The summed E-state index contributed by atoms with van der Waals surface area (Å²) < 4.78 is 5.42. The lowest BCUT2D eigenvalue weighted by molar-refractivity contribution is 0.326. The second-order valence-corrected chi connectivity index (χ2v) is 5.29. The zero-order valence-corrected chi connectivity index (χ0v) is 17.2. The van der Waals surface area contributed by atoms with E-state index in [9.17, 15) is 0 Å². The number of benzene rings is 1. The lowest BCUT2D eigenvalue weighted by atomic mass is 10.1. The molecule has 0 amide bonds. The maximum absolute atomic E-state index is 5.42. The molecule has 1 aromatic heterocycles. The SMILES string of the molecule is CCNC(=NCc1ccnc(OCC)c1)NCCc1ccccc1.I. The van der Waals surface area contributed by atoms with Crippen molar-refractivity contribution in [2.45, 2.75) is 26.8 Å². The van der Waals surface area contributed by atoms with Crippen molar-refractivity contribution in [3.63, 3.8) is 0 Å². The average Bonchev–Trinajstić information content (AvgIpc) is 2.61. The molecule has 0 saturated heterocycles. The van der Waals surface area contributed by atoms with E-state index in [0.717, 1.165) is 31.0 Å². The van der Waals surface area contributed by atoms with Gasteiger partial charge in [-0.1, -0.05) is 30.3 Å². The fourth-order valence-corrected chi connectivity index (χ4v) is 2.26. The fourth-order valence-electron chi connectivity index (χ4n) is 2.26. The fraction of sp³-hybridized carbons (Fsp3) is 0.368. The smallest absolute Gasteiger partial charge is 0.213 e. The molecule has 5 nitrogen and oxygen atoms in total. The number of aromatic nitrogens is 1. The number of hydrogen-bond acceptors (Lipinski definition) is 3. The highest BCUT2D eigenvalue weighted by Crippen LogP contribution is 2.10. The number of halogens is 1. The Morgan fingerprint density at radius 3 is 2.60 bits per heavy atom. The molecule has 2 aromatic rings. The number of guanidine groups is 1. The number of rotatable bonds is 8. The van der Waals surface area contributed by atoms with Gasteiger partial charge in [0.2, 0.25) is 5.88 Å². The van der Waals surface area contributed by atoms with E-state index in [1.54, 1.807) is 6.20 Å². The van der Waals surface area contributed by atoms with Crippen molar-refractivity contribution in [2.24, 2.45) is 4.99 Å². The molecule has 0 bridgehead atoms. The van der Waals surface area contributed by atoms with Gasteiger partial charge in [-0.3, -0.25) is 0 Å². The van der Waals surface area contributed by atoms with Crippen LogP contribution in [-0.4, -0.2) is 30.6 Å². The van der Waals surface area contributed by atoms with Crippen molar-refractivity contribution in [2.75, 3.05) is 19.7 Å². The Hall–Kier alpha value is -1.83. The van der Waals surface area contributed by atoms with Gasteiger partial charge in [-0.2, -0.15) is 0 Å². The standard InChI is InChI=1S/C19H26N4O.HI/c1-3-20-19(22-13-10-16-8-6-5-7-9-16)23-15-17-11-12-21-18(14-17)24-4-2;/h5-9,11-12,14H,3-4,10,13,15H2,1-2H3,(H2,20,22,23);1H. The van der Waals surface area contributed by atoms with Crippen LogP contribution in [0.15, 0.2) is 53.7 Å². The molecule has 2 rings (SSSR count). The lowest BCUT2D eigenvalue weighted by Crippen LogP contribution is -2.38. The van der Waals surface area contributed by atoms with Crippen molar-refractivity contribution in [1.82, 2.24) is 15.6 Å². The third kappa shape index (κ3) is 8.20. The lowest BCUT2D eigenvalue weighted by Gasteiger charge is -2.11. The van der Waals surface area contributed by atoms with E-state index in [-0.39, 0.29) is 24.0 Å². The molecule has 0 aliphatic heterocycles. The summed E-state index contributed by atoms with van der Waals surface area (Å²) in [5.74, 6) is 1.47. The largest absolute Gasteiger partial charge is 0.478 e. The molecule has 0 saturated carbocycles. The average molecular weight is 454 g/mol. The minimum absolute atomic E-state index is 0. The van der Waals surface area contributed by atoms with Gasteiger partial charge in [0.15, 0.2) is 5.96 Å². The molecule has 0 fully saturated rings. The number of nitrogens with zero attached hydrogens (tertiary/aromatic N) is 2. The van der Waals surface area contributed by atoms with Crippen LogP contribution >= 0.6 is 24.0 Å². The van der Waals surface area contributed by atoms with E-state index in [1.165, 1.54) is 5.56 Å². The van der Waals surface area contributed by atoms with Crippen LogP contribution in [-0.2, 0) is 13.0 Å². The normalized spacial score (nSPS) is 10.7. The van der Waals surface area contributed by atoms with Gasteiger partial charge < -0.3 is 15.4 Å². The third-order valence-corrected chi connectivity index (χ3v) is 3.40. The molecule has 1 aromatic carbocycles. The molecule has 136 valence electrons. The van der Waals surface area contributed by atoms with E-state index >= 15 is 0 Å². The Labute approximate surface area is 167 Å². The third-order valence-electron chi connectivity index (χ3n) is 3.40. The summed E-state index contributed by atoms with van der Waals surface area (Å²) in [4.78, 5) is 8.80. The highest BCUT2D eigenvalue weighted by molar-refractivity contribution is 14.0. The van der Waals surface area contributed by atoms with Gasteiger partial charge in [0.05, 0.1) is 13.2 Å². The molecule has 25 heavy (non-hydrogen) atoms. The maximum Gasteiger partial charge on any atom is 0.213 e. The zero-order valence-electron chi connectivity index (χ0n) is 14.9. The zero-order chi connectivity index (χ0) is 17.0. The summed E-state index contributed by atoms with van der Waals surface area (Å²) in [5.41, 5.74) is 2.39. The van der Waals surface area contributed by atoms with E-state index in [2.05, 4.69) is 51.8 Å². The minimum Gasteiger partial charge on any atom is -0.478 e. The molecule has 0 spiro atoms. The van der Waals surface area contributed by atoms with Gasteiger partial charge in [-0.15, -0.1) is 24.0 Å². The maximum atomic E-state index is 5.42. The predicted octanol–water partition coefficient (Wildman–Crippen LogP) is 3.40. The quantitative estimate of drug-likeness (QED) is 0.365.